The van der Waals surface area contributed by atoms with Crippen LogP contribution in [0.2, 0.25) is 0 Å². The number of hydrogen-bond acceptors (Lipinski definition) is 6. The number of benzene rings is 2. The van der Waals surface area contributed by atoms with Crippen molar-refractivity contribution in [3.05, 3.63) is 46.8 Å². The highest BCUT2D eigenvalue weighted by Gasteiger charge is 2.48. The van der Waals surface area contributed by atoms with Gasteiger partial charge < -0.3 is 13.3 Å². The number of alkyl halides is 3. The highest BCUT2D eigenvalue weighted by molar-refractivity contribution is 7.88. The smallest absolute Gasteiger partial charge is 0.497 e. The molecule has 0 radical (unpaired) electrons. The lowest BCUT2D eigenvalue weighted by atomic mass is 10.1. The van der Waals surface area contributed by atoms with Gasteiger partial charge in [0.2, 0.25) is 0 Å². The van der Waals surface area contributed by atoms with Crippen molar-refractivity contribution in [2.24, 2.45) is 0 Å². The molecule has 0 aliphatic carbocycles. The quantitative estimate of drug-likeness (QED) is 0.303. The van der Waals surface area contributed by atoms with E-state index >= 15 is 0 Å². The van der Waals surface area contributed by atoms with Crippen molar-refractivity contribution in [2.75, 3.05) is 7.11 Å². The van der Waals surface area contributed by atoms with Crippen LogP contribution in [0.5, 0.6) is 11.5 Å². The molecule has 10 heteroatoms. The molecule has 0 atom stereocenters. The summed E-state index contributed by atoms with van der Waals surface area (Å²) in [7, 11) is -4.39. The molecule has 0 amide bonds. The summed E-state index contributed by atoms with van der Waals surface area (Å²) < 4.78 is 73.3. The van der Waals surface area contributed by atoms with Crippen LogP contribution in [0.4, 0.5) is 13.2 Å². The third kappa shape index (κ3) is 3.00. The summed E-state index contributed by atoms with van der Waals surface area (Å²) in [4.78, 5) is 12.1. The Bertz CT molecular complexity index is 1130. The summed E-state index contributed by atoms with van der Waals surface area (Å²) in [5.74, 6) is -0.198. The Morgan fingerprint density at radius 1 is 0.960 bits per heavy atom. The standard InChI is InChI=1S/C15H9F3O6S/c1-22-8-2-4-10-11-5-3-9(24-25(20,21)15(16,17)18)7-13(11)23-14(19)12(10)6-8/h2-7H,1H3. The van der Waals surface area contributed by atoms with E-state index in [1.165, 1.54) is 19.2 Å². The van der Waals surface area contributed by atoms with Crippen LogP contribution in [0.15, 0.2) is 45.6 Å². The molecule has 3 aromatic rings. The lowest BCUT2D eigenvalue weighted by molar-refractivity contribution is -0.0500. The molecule has 0 saturated carbocycles. The molecule has 25 heavy (non-hydrogen) atoms. The lowest BCUT2D eigenvalue weighted by Gasteiger charge is -2.10. The number of methoxy groups -OCH3 is 1. The molecule has 0 aliphatic heterocycles. The molecule has 6 nitrogen and oxygen atoms in total. The van der Waals surface area contributed by atoms with E-state index in [1.807, 2.05) is 0 Å². The van der Waals surface area contributed by atoms with Gasteiger partial charge in [-0.2, -0.15) is 21.6 Å². The van der Waals surface area contributed by atoms with E-state index in [0.717, 1.165) is 12.1 Å². The van der Waals surface area contributed by atoms with E-state index in [4.69, 9.17) is 9.15 Å². The maximum absolute atomic E-state index is 12.4. The van der Waals surface area contributed by atoms with Crippen molar-refractivity contribution in [2.45, 2.75) is 5.51 Å². The molecule has 1 heterocycles. The zero-order chi connectivity index (χ0) is 18.4. The van der Waals surface area contributed by atoms with Crippen molar-refractivity contribution in [1.82, 2.24) is 0 Å². The van der Waals surface area contributed by atoms with E-state index in [2.05, 4.69) is 4.18 Å². The third-order valence-corrected chi connectivity index (χ3v) is 4.36. The van der Waals surface area contributed by atoms with Gasteiger partial charge in [-0.05, 0) is 30.3 Å². The Labute approximate surface area is 138 Å². The molecule has 0 bridgehead atoms. The fraction of sp³-hybridized carbons (Fsp3) is 0.133. The largest absolute Gasteiger partial charge is 0.534 e. The van der Waals surface area contributed by atoms with Gasteiger partial charge in [-0.1, -0.05) is 0 Å². The molecule has 132 valence electrons. The third-order valence-electron chi connectivity index (χ3n) is 3.38. The molecule has 0 fully saturated rings. The molecular formula is C15H9F3O6S. The van der Waals surface area contributed by atoms with Crippen LogP contribution in [0.3, 0.4) is 0 Å². The predicted octanol–water partition coefficient (Wildman–Crippen LogP) is 3.18. The number of rotatable bonds is 3. The highest BCUT2D eigenvalue weighted by Crippen LogP contribution is 2.31. The van der Waals surface area contributed by atoms with E-state index in [9.17, 15) is 26.4 Å². The molecule has 0 aliphatic rings. The number of fused-ring (bicyclic) bond motifs is 3. The molecule has 0 N–H and O–H groups in total. The van der Waals surface area contributed by atoms with Gasteiger partial charge in [-0.3, -0.25) is 0 Å². The summed E-state index contributed by atoms with van der Waals surface area (Å²) in [5, 5.41) is 1.08. The van der Waals surface area contributed by atoms with E-state index in [1.54, 1.807) is 12.1 Å². The van der Waals surface area contributed by atoms with Gasteiger partial charge in [0.25, 0.3) is 0 Å². The van der Waals surface area contributed by atoms with E-state index in [-0.39, 0.29) is 11.0 Å². The van der Waals surface area contributed by atoms with Gasteiger partial charge in [-0.25, -0.2) is 4.79 Å². The van der Waals surface area contributed by atoms with Crippen molar-refractivity contribution in [3.63, 3.8) is 0 Å². The summed E-state index contributed by atoms with van der Waals surface area (Å²) in [6, 6.07) is 7.88. The van der Waals surface area contributed by atoms with Crippen molar-refractivity contribution >= 4 is 31.9 Å². The maximum Gasteiger partial charge on any atom is 0.534 e. The van der Waals surface area contributed by atoms with Crippen LogP contribution in [0.1, 0.15) is 0 Å². The number of hydrogen-bond donors (Lipinski definition) is 0. The first-order valence-corrected chi connectivity index (χ1v) is 8.08. The minimum atomic E-state index is -5.82. The van der Waals surface area contributed by atoms with Crippen LogP contribution in [0.25, 0.3) is 21.7 Å². The summed E-state index contributed by atoms with van der Waals surface area (Å²) >= 11 is 0. The van der Waals surface area contributed by atoms with Crippen molar-refractivity contribution < 1.29 is 34.9 Å². The van der Waals surface area contributed by atoms with E-state index in [0.29, 0.717) is 16.5 Å². The molecule has 1 aromatic heterocycles. The lowest BCUT2D eigenvalue weighted by Crippen LogP contribution is -2.28. The van der Waals surface area contributed by atoms with Crippen LogP contribution in [-0.2, 0) is 10.1 Å². The van der Waals surface area contributed by atoms with Gasteiger partial charge in [0.15, 0.2) is 0 Å². The minimum absolute atomic E-state index is 0.113. The normalized spacial score (nSPS) is 12.5. The highest BCUT2D eigenvalue weighted by atomic mass is 32.2. The van der Waals surface area contributed by atoms with Gasteiger partial charge in [-0.15, -0.1) is 0 Å². The molecule has 0 spiro atoms. The Balaban J connectivity index is 2.17. The second kappa shape index (κ2) is 5.66. The summed E-state index contributed by atoms with van der Waals surface area (Å²) in [5.41, 5.74) is -6.43. The fourth-order valence-electron chi connectivity index (χ4n) is 2.24. The Kier molecular flexibility index (Phi) is 3.87. The molecular weight excluding hydrogens is 365 g/mol. The maximum atomic E-state index is 12.4. The molecule has 2 aromatic carbocycles. The van der Waals surface area contributed by atoms with Gasteiger partial charge in [0, 0.05) is 16.8 Å². The monoisotopic (exact) mass is 374 g/mol. The first-order valence-electron chi connectivity index (χ1n) is 6.68. The Hall–Kier alpha value is -2.75. The molecule has 3 rings (SSSR count). The first kappa shape index (κ1) is 17.1. The Morgan fingerprint density at radius 2 is 1.60 bits per heavy atom. The van der Waals surface area contributed by atoms with E-state index < -0.39 is 27.0 Å². The number of ether oxygens (including phenoxy) is 1. The molecule has 0 unspecified atom stereocenters. The zero-order valence-electron chi connectivity index (χ0n) is 12.5. The van der Waals surface area contributed by atoms with Gasteiger partial charge in [0.1, 0.15) is 17.1 Å². The van der Waals surface area contributed by atoms with Crippen LogP contribution >= 0.6 is 0 Å². The van der Waals surface area contributed by atoms with Gasteiger partial charge >= 0.3 is 21.3 Å². The summed E-state index contributed by atoms with van der Waals surface area (Å²) in [6.07, 6.45) is 0. The fourth-order valence-corrected chi connectivity index (χ4v) is 2.70. The second-order valence-electron chi connectivity index (χ2n) is 4.94. The van der Waals surface area contributed by atoms with Crippen LogP contribution in [-0.4, -0.2) is 21.0 Å². The molecule has 0 saturated heterocycles. The average Bonchev–Trinajstić information content (AvgIpc) is 2.53. The topological polar surface area (TPSA) is 82.8 Å². The minimum Gasteiger partial charge on any atom is -0.497 e. The van der Waals surface area contributed by atoms with Gasteiger partial charge in [0.05, 0.1) is 12.5 Å². The Morgan fingerprint density at radius 3 is 2.24 bits per heavy atom. The second-order valence-corrected chi connectivity index (χ2v) is 6.48. The number of halogens is 3. The van der Waals surface area contributed by atoms with Crippen LogP contribution < -0.4 is 14.5 Å². The predicted molar refractivity (Wildman–Crippen MR) is 82.1 cm³/mol. The first-order chi connectivity index (χ1) is 11.6. The average molecular weight is 374 g/mol. The van der Waals surface area contributed by atoms with Crippen LogP contribution in [0, 0.1) is 0 Å². The van der Waals surface area contributed by atoms with Crippen molar-refractivity contribution in [3.8, 4) is 11.5 Å². The summed E-state index contributed by atoms with van der Waals surface area (Å²) in [6.45, 7) is 0. The SMILES string of the molecule is COc1ccc2c(c1)c(=O)oc1cc(OS(=O)(=O)C(F)(F)F)ccc12. The zero-order valence-corrected chi connectivity index (χ0v) is 13.3. The van der Waals surface area contributed by atoms with Crippen molar-refractivity contribution in [1.29, 1.82) is 0 Å².